The summed E-state index contributed by atoms with van der Waals surface area (Å²) in [5.41, 5.74) is 0.887. The number of carbonyl (C=O) groups is 3. The molecule has 2 aliphatic rings. The minimum atomic E-state index is -0.888. The lowest BCUT2D eigenvalue weighted by Crippen LogP contribution is -2.47. The van der Waals surface area contributed by atoms with Crippen LogP contribution >= 0.6 is 0 Å². The van der Waals surface area contributed by atoms with Gasteiger partial charge in [-0.25, -0.2) is 4.79 Å². The number of amides is 4. The zero-order valence-electron chi connectivity index (χ0n) is 15.6. The highest BCUT2D eigenvalue weighted by Gasteiger charge is 2.56. The molecular weight excluding hydrogens is 356 g/mol. The molecule has 7 heteroatoms. The molecule has 0 spiro atoms. The third-order valence-corrected chi connectivity index (χ3v) is 5.47. The van der Waals surface area contributed by atoms with Crippen LogP contribution in [0.2, 0.25) is 0 Å². The first-order valence-corrected chi connectivity index (χ1v) is 9.37. The fourth-order valence-electron chi connectivity index (χ4n) is 3.71. The maximum Gasteiger partial charge on any atom is 0.325 e. The molecule has 1 aromatic carbocycles. The van der Waals surface area contributed by atoms with E-state index in [1.165, 1.54) is 0 Å². The Balaban J connectivity index is 1.51. The van der Waals surface area contributed by atoms with E-state index in [0.29, 0.717) is 0 Å². The van der Waals surface area contributed by atoms with Crippen LogP contribution in [0.5, 0.6) is 0 Å². The summed E-state index contributed by atoms with van der Waals surface area (Å²) in [4.78, 5) is 42.8. The number of urea groups is 1. The van der Waals surface area contributed by atoms with Gasteiger partial charge >= 0.3 is 6.03 Å². The normalized spacial score (nSPS) is 22.7. The largest absolute Gasteiger partial charge is 0.344 e. The van der Waals surface area contributed by atoms with E-state index in [1.807, 2.05) is 42.5 Å². The van der Waals surface area contributed by atoms with E-state index in [9.17, 15) is 14.4 Å². The van der Waals surface area contributed by atoms with Crippen molar-refractivity contribution in [1.29, 1.82) is 0 Å². The van der Waals surface area contributed by atoms with E-state index < -0.39 is 23.5 Å². The van der Waals surface area contributed by atoms with Crippen LogP contribution in [0.1, 0.15) is 36.9 Å². The number of rotatable bonds is 6. The van der Waals surface area contributed by atoms with E-state index >= 15 is 0 Å². The quantitative estimate of drug-likeness (QED) is 0.752. The number of benzene rings is 1. The number of hydrogen-bond acceptors (Lipinski definition) is 4. The molecule has 4 amide bonds. The molecule has 1 saturated heterocycles. The second kappa shape index (κ2) is 7.07. The topological polar surface area (TPSA) is 91.4 Å². The van der Waals surface area contributed by atoms with Crippen LogP contribution in [-0.2, 0) is 9.59 Å². The summed E-state index contributed by atoms with van der Waals surface area (Å²) >= 11 is 0. The third kappa shape index (κ3) is 3.35. The summed E-state index contributed by atoms with van der Waals surface area (Å²) in [6, 6.07) is 12.3. The van der Waals surface area contributed by atoms with Gasteiger partial charge in [0.25, 0.3) is 5.91 Å². The molecule has 1 aliphatic heterocycles. The molecule has 2 heterocycles. The van der Waals surface area contributed by atoms with Gasteiger partial charge in [0.2, 0.25) is 5.91 Å². The summed E-state index contributed by atoms with van der Waals surface area (Å²) in [6.07, 6.45) is 5.16. The molecule has 28 heavy (non-hydrogen) atoms. The molecule has 2 atom stereocenters. The first-order chi connectivity index (χ1) is 13.5. The van der Waals surface area contributed by atoms with Gasteiger partial charge in [0.1, 0.15) is 12.1 Å². The van der Waals surface area contributed by atoms with Crippen LogP contribution in [0, 0.1) is 5.92 Å². The van der Waals surface area contributed by atoms with Crippen molar-refractivity contribution in [2.75, 3.05) is 6.54 Å². The average Bonchev–Trinajstić information content (AvgIpc) is 3.54. The predicted molar refractivity (Wildman–Crippen MR) is 102 cm³/mol. The van der Waals surface area contributed by atoms with Crippen LogP contribution in [0.25, 0.3) is 0 Å². The lowest BCUT2D eigenvalue weighted by Gasteiger charge is -2.22. The van der Waals surface area contributed by atoms with Crippen molar-refractivity contribution in [2.24, 2.45) is 5.92 Å². The van der Waals surface area contributed by atoms with Crippen LogP contribution in [0.4, 0.5) is 4.79 Å². The van der Waals surface area contributed by atoms with Gasteiger partial charge in [-0.05, 0) is 48.9 Å². The molecule has 1 saturated carbocycles. The summed E-state index contributed by atoms with van der Waals surface area (Å²) < 4.78 is 0. The lowest BCUT2D eigenvalue weighted by molar-refractivity contribution is -0.135. The first-order valence-electron chi connectivity index (χ1n) is 9.37. The number of nitrogens with zero attached hydrogens (tertiary/aromatic N) is 2. The fourth-order valence-corrected chi connectivity index (χ4v) is 3.71. The van der Waals surface area contributed by atoms with Crippen molar-refractivity contribution >= 4 is 17.8 Å². The van der Waals surface area contributed by atoms with Crippen LogP contribution in [0.15, 0.2) is 54.9 Å². The smallest absolute Gasteiger partial charge is 0.325 e. The molecule has 0 radical (unpaired) electrons. The van der Waals surface area contributed by atoms with E-state index in [2.05, 4.69) is 15.6 Å². The van der Waals surface area contributed by atoms with E-state index in [1.54, 1.807) is 19.3 Å². The van der Waals surface area contributed by atoms with Crippen molar-refractivity contribution in [3.8, 4) is 0 Å². The molecule has 7 nitrogen and oxygen atoms in total. The van der Waals surface area contributed by atoms with Gasteiger partial charge in [-0.15, -0.1) is 0 Å². The number of carbonyl (C=O) groups excluding carboxylic acids is 3. The molecule has 0 bridgehead atoms. The number of nitrogens with one attached hydrogen (secondary N) is 2. The predicted octanol–water partition coefficient (Wildman–Crippen LogP) is 2.01. The fraction of sp³-hybridized carbons (Fsp3) is 0.333. The zero-order valence-corrected chi connectivity index (χ0v) is 15.6. The number of aromatic nitrogens is 1. The lowest BCUT2D eigenvalue weighted by atomic mass is 9.96. The summed E-state index contributed by atoms with van der Waals surface area (Å²) in [5, 5.41) is 5.71. The number of imide groups is 1. The summed E-state index contributed by atoms with van der Waals surface area (Å²) in [5.74, 6) is -0.560. The van der Waals surface area contributed by atoms with Crippen molar-refractivity contribution in [2.45, 2.75) is 31.3 Å². The number of pyridine rings is 1. The molecule has 1 aromatic heterocycles. The molecule has 2 aromatic rings. The Morgan fingerprint density at radius 3 is 2.46 bits per heavy atom. The van der Waals surface area contributed by atoms with E-state index in [4.69, 9.17) is 0 Å². The van der Waals surface area contributed by atoms with Crippen LogP contribution < -0.4 is 10.6 Å². The highest BCUT2D eigenvalue weighted by atomic mass is 16.2. The van der Waals surface area contributed by atoms with Crippen molar-refractivity contribution in [1.82, 2.24) is 20.5 Å². The molecule has 2 fully saturated rings. The number of hydrogen-bond donors (Lipinski definition) is 2. The maximum atomic E-state index is 12.7. The highest BCUT2D eigenvalue weighted by Crippen LogP contribution is 2.42. The molecule has 144 valence electrons. The Morgan fingerprint density at radius 1 is 1.18 bits per heavy atom. The van der Waals surface area contributed by atoms with Crippen molar-refractivity contribution in [3.63, 3.8) is 0 Å². The molecular formula is C21H22N4O3. The molecule has 1 aliphatic carbocycles. The van der Waals surface area contributed by atoms with Gasteiger partial charge in [0.05, 0.1) is 6.04 Å². The Bertz CT molecular complexity index is 859. The standard InChI is InChI=1S/C21H22N4O3/c1-21(16-7-8-16)19(27)25(20(28)24-21)13-17(26)23-18(14-5-3-2-4-6-14)15-9-11-22-12-10-15/h2-6,9-12,16,18H,7-8,13H2,1H3,(H,23,26)(H,24,28). The monoisotopic (exact) mass is 378 g/mol. The van der Waals surface area contributed by atoms with Crippen LogP contribution in [0.3, 0.4) is 0 Å². The summed E-state index contributed by atoms with van der Waals surface area (Å²) in [6.45, 7) is 1.44. The Kier molecular flexibility index (Phi) is 4.58. The SMILES string of the molecule is CC1(C2CC2)NC(=O)N(CC(=O)NC(c2ccccc2)c2ccncc2)C1=O. The molecule has 4 rings (SSSR count). The highest BCUT2D eigenvalue weighted by molar-refractivity contribution is 6.09. The molecule has 2 N–H and O–H groups in total. The first kappa shape index (κ1) is 18.2. The summed E-state index contributed by atoms with van der Waals surface area (Å²) in [7, 11) is 0. The van der Waals surface area contributed by atoms with Gasteiger partial charge < -0.3 is 10.6 Å². The average molecular weight is 378 g/mol. The van der Waals surface area contributed by atoms with Crippen LogP contribution in [-0.4, -0.2) is 39.8 Å². The van der Waals surface area contributed by atoms with Crippen molar-refractivity contribution < 1.29 is 14.4 Å². The minimum absolute atomic E-state index is 0.158. The van der Waals surface area contributed by atoms with Gasteiger partial charge in [-0.2, -0.15) is 0 Å². The van der Waals surface area contributed by atoms with Gasteiger partial charge in [0.15, 0.2) is 0 Å². The second-order valence-corrected chi connectivity index (χ2v) is 7.49. The van der Waals surface area contributed by atoms with Gasteiger partial charge in [0, 0.05) is 12.4 Å². The Hall–Kier alpha value is -3.22. The van der Waals surface area contributed by atoms with Gasteiger partial charge in [-0.1, -0.05) is 30.3 Å². The maximum absolute atomic E-state index is 12.7. The molecule has 2 unspecified atom stereocenters. The Morgan fingerprint density at radius 2 is 1.82 bits per heavy atom. The van der Waals surface area contributed by atoms with Crippen molar-refractivity contribution in [3.05, 3.63) is 66.0 Å². The second-order valence-electron chi connectivity index (χ2n) is 7.49. The van der Waals surface area contributed by atoms with E-state index in [0.717, 1.165) is 28.9 Å². The minimum Gasteiger partial charge on any atom is -0.344 e. The van der Waals surface area contributed by atoms with E-state index in [-0.39, 0.29) is 18.4 Å². The van der Waals surface area contributed by atoms with Gasteiger partial charge in [-0.3, -0.25) is 19.5 Å². The Labute approximate surface area is 163 Å². The zero-order chi connectivity index (χ0) is 19.7. The third-order valence-electron chi connectivity index (χ3n) is 5.47.